The van der Waals surface area contributed by atoms with Gasteiger partial charge in [-0.05, 0) is 51.1 Å². The zero-order valence-electron chi connectivity index (χ0n) is 19.5. The topological polar surface area (TPSA) is 212 Å². The molecule has 14 heteroatoms. The lowest BCUT2D eigenvalue weighted by Crippen LogP contribution is -2.45. The van der Waals surface area contributed by atoms with Gasteiger partial charge in [-0.3, -0.25) is 19.7 Å². The minimum atomic E-state index is -2.15. The van der Waals surface area contributed by atoms with E-state index in [1.165, 1.54) is 30.3 Å². The van der Waals surface area contributed by atoms with Crippen LogP contribution in [-0.2, 0) is 14.3 Å². The summed E-state index contributed by atoms with van der Waals surface area (Å²) in [6.45, 7) is 5.08. The van der Waals surface area contributed by atoms with Gasteiger partial charge in [0.05, 0.1) is 16.0 Å². The Morgan fingerprint density at radius 2 is 1.56 bits per heavy atom. The fourth-order valence-electron chi connectivity index (χ4n) is 3.06. The smallest absolute Gasteiger partial charge is 0.421 e. The summed E-state index contributed by atoms with van der Waals surface area (Å²) >= 11 is 0. The van der Waals surface area contributed by atoms with Crippen molar-refractivity contribution < 1.29 is 34.3 Å². The summed E-state index contributed by atoms with van der Waals surface area (Å²) in [4.78, 5) is 51.2. The van der Waals surface area contributed by atoms with Crippen LogP contribution in [0.2, 0.25) is 0 Å². The number of aliphatic hydroxyl groups excluding tert-OH is 2. The number of nitro benzene ring substituents is 1. The third-order valence-electron chi connectivity index (χ3n) is 4.71. The van der Waals surface area contributed by atoms with Gasteiger partial charge in [-0.1, -0.05) is 0 Å². The molecule has 14 nitrogen and oxygen atoms in total. The first-order valence-electron chi connectivity index (χ1n) is 10.5. The number of aliphatic hydroxyl groups is 2. The van der Waals surface area contributed by atoms with E-state index in [1.54, 1.807) is 20.8 Å². The van der Waals surface area contributed by atoms with Crippen molar-refractivity contribution in [1.29, 1.82) is 0 Å². The van der Waals surface area contributed by atoms with E-state index in [-0.39, 0.29) is 28.5 Å². The summed E-state index contributed by atoms with van der Waals surface area (Å²) in [5, 5.41) is 35.5. The van der Waals surface area contributed by atoms with E-state index >= 15 is 0 Å². The SMILES string of the molecule is CC(C)(C)OC(=O)n1c(N)nc2cc(NC(=O)[C@H](O)[C@@H](O)C(=O)Nc3ccc([N+](=O)[O-])cc3)ccc21. The molecule has 0 spiro atoms. The second-order valence-corrected chi connectivity index (χ2v) is 8.66. The zero-order valence-corrected chi connectivity index (χ0v) is 19.5. The molecule has 2 amide bonds. The third kappa shape index (κ3) is 5.92. The minimum Gasteiger partial charge on any atom is -0.443 e. The lowest BCUT2D eigenvalue weighted by molar-refractivity contribution is -0.384. The number of carbonyl (C=O) groups is 3. The number of nitrogens with two attached hydrogens (primary N) is 1. The summed E-state index contributed by atoms with van der Waals surface area (Å²) in [6.07, 6.45) is -5.04. The molecule has 0 radical (unpaired) electrons. The van der Waals surface area contributed by atoms with Crippen molar-refractivity contribution in [1.82, 2.24) is 9.55 Å². The molecule has 3 rings (SSSR count). The first-order chi connectivity index (χ1) is 16.8. The summed E-state index contributed by atoms with van der Waals surface area (Å²) in [5.41, 5.74) is 5.67. The molecule has 190 valence electrons. The van der Waals surface area contributed by atoms with E-state index in [1.807, 2.05) is 0 Å². The average Bonchev–Trinajstić information content (AvgIpc) is 3.12. The number of hydrogen-bond acceptors (Lipinski definition) is 10. The number of fused-ring (bicyclic) bond motifs is 1. The number of nitrogens with one attached hydrogen (secondary N) is 2. The van der Waals surface area contributed by atoms with Crippen LogP contribution in [0.15, 0.2) is 42.5 Å². The van der Waals surface area contributed by atoms with E-state index in [0.29, 0.717) is 5.52 Å². The number of imidazole rings is 1. The van der Waals surface area contributed by atoms with Crippen molar-refractivity contribution >= 4 is 52.0 Å². The molecule has 2 atom stereocenters. The molecule has 0 bridgehead atoms. The highest BCUT2D eigenvalue weighted by atomic mass is 16.6. The molecule has 0 unspecified atom stereocenters. The molecule has 6 N–H and O–H groups in total. The van der Waals surface area contributed by atoms with E-state index in [4.69, 9.17) is 10.5 Å². The number of hydrogen-bond donors (Lipinski definition) is 5. The largest absolute Gasteiger partial charge is 0.443 e. The van der Waals surface area contributed by atoms with Crippen molar-refractivity contribution in [3.05, 3.63) is 52.6 Å². The zero-order chi connectivity index (χ0) is 26.8. The summed E-state index contributed by atoms with van der Waals surface area (Å²) < 4.78 is 6.37. The second kappa shape index (κ2) is 9.97. The van der Waals surface area contributed by atoms with Crippen LogP contribution >= 0.6 is 0 Å². The number of ether oxygens (including phenoxy) is 1. The van der Waals surface area contributed by atoms with Gasteiger partial charge in [0.25, 0.3) is 17.5 Å². The van der Waals surface area contributed by atoms with Crippen LogP contribution in [0.25, 0.3) is 11.0 Å². The predicted octanol–water partition coefficient (Wildman–Crippen LogP) is 1.61. The monoisotopic (exact) mass is 500 g/mol. The van der Waals surface area contributed by atoms with Gasteiger partial charge in [-0.15, -0.1) is 0 Å². The number of nitrogen functional groups attached to an aromatic ring is 1. The van der Waals surface area contributed by atoms with E-state index in [0.717, 1.165) is 16.7 Å². The summed E-state index contributed by atoms with van der Waals surface area (Å²) in [7, 11) is 0. The maximum Gasteiger partial charge on any atom is 0.421 e. The van der Waals surface area contributed by atoms with Crippen LogP contribution in [-0.4, -0.2) is 60.4 Å². The lowest BCUT2D eigenvalue weighted by atomic mass is 10.1. The van der Waals surface area contributed by atoms with Crippen molar-refractivity contribution in [2.45, 2.75) is 38.6 Å². The molecule has 2 aromatic carbocycles. The van der Waals surface area contributed by atoms with Gasteiger partial charge in [0.2, 0.25) is 5.95 Å². The molecule has 0 aliphatic carbocycles. The number of benzene rings is 2. The lowest BCUT2D eigenvalue weighted by Gasteiger charge is -2.20. The quantitative estimate of drug-likeness (QED) is 0.243. The number of nitrogens with zero attached hydrogens (tertiary/aromatic N) is 3. The maximum atomic E-state index is 12.4. The number of aromatic nitrogens is 2. The Labute approximate surface area is 203 Å². The van der Waals surface area contributed by atoms with Crippen molar-refractivity contribution in [2.24, 2.45) is 0 Å². The van der Waals surface area contributed by atoms with E-state index < -0.39 is 40.6 Å². The Balaban J connectivity index is 1.68. The molecule has 0 saturated carbocycles. The first kappa shape index (κ1) is 26.1. The van der Waals surface area contributed by atoms with E-state index in [2.05, 4.69) is 15.6 Å². The number of amides is 2. The van der Waals surface area contributed by atoms with Crippen LogP contribution in [0.1, 0.15) is 20.8 Å². The van der Waals surface area contributed by atoms with Crippen LogP contribution in [0.4, 0.5) is 27.8 Å². The molecule has 0 aliphatic heterocycles. The van der Waals surface area contributed by atoms with Crippen LogP contribution in [0.5, 0.6) is 0 Å². The molecule has 36 heavy (non-hydrogen) atoms. The second-order valence-electron chi connectivity index (χ2n) is 8.66. The van der Waals surface area contributed by atoms with Crippen molar-refractivity contribution in [2.75, 3.05) is 16.4 Å². The van der Waals surface area contributed by atoms with Crippen LogP contribution in [0.3, 0.4) is 0 Å². The Bertz CT molecular complexity index is 1330. The summed E-state index contributed by atoms with van der Waals surface area (Å²) in [5.74, 6) is -2.34. The Morgan fingerprint density at radius 1 is 1.03 bits per heavy atom. The van der Waals surface area contributed by atoms with E-state index in [9.17, 15) is 34.7 Å². The van der Waals surface area contributed by atoms with Gasteiger partial charge in [-0.25, -0.2) is 14.3 Å². The fraction of sp³-hybridized carbons (Fsp3) is 0.273. The highest BCUT2D eigenvalue weighted by Crippen LogP contribution is 2.24. The van der Waals surface area contributed by atoms with Gasteiger partial charge in [0.1, 0.15) is 5.60 Å². The molecule has 1 aromatic heterocycles. The first-order valence-corrected chi connectivity index (χ1v) is 10.5. The number of non-ortho nitro benzene ring substituents is 1. The van der Waals surface area contributed by atoms with Gasteiger partial charge in [-0.2, -0.15) is 0 Å². The molecular formula is C22H24N6O8. The van der Waals surface area contributed by atoms with Crippen molar-refractivity contribution in [3.8, 4) is 0 Å². The predicted molar refractivity (Wildman–Crippen MR) is 128 cm³/mol. The number of carbonyl (C=O) groups excluding carboxylic acids is 3. The third-order valence-corrected chi connectivity index (χ3v) is 4.71. The van der Waals surface area contributed by atoms with Gasteiger partial charge in [0, 0.05) is 23.5 Å². The van der Waals surface area contributed by atoms with Gasteiger partial charge in [0.15, 0.2) is 12.2 Å². The Morgan fingerprint density at radius 3 is 2.08 bits per heavy atom. The Hall–Kier alpha value is -4.56. The highest BCUT2D eigenvalue weighted by molar-refractivity contribution is 6.03. The number of rotatable bonds is 6. The average molecular weight is 500 g/mol. The molecular weight excluding hydrogens is 476 g/mol. The standard InChI is InChI=1S/C22H24N6O8/c1-22(2,3)36-21(33)27-15-9-6-12(10-14(15)26-20(27)23)25-19(32)17(30)16(29)18(31)24-11-4-7-13(8-5-11)28(34)35/h4-10,16-17,29-30H,1-3H3,(H2,23,26)(H,24,31)(H,25,32)/t16-,17-/m1/s1. The van der Waals surface area contributed by atoms with Gasteiger partial charge < -0.3 is 31.3 Å². The number of nitro groups is 1. The normalized spacial score (nSPS) is 13.0. The Kier molecular flexibility index (Phi) is 7.22. The molecule has 1 heterocycles. The summed E-state index contributed by atoms with van der Waals surface area (Å²) in [6, 6.07) is 8.95. The van der Waals surface area contributed by atoms with Crippen LogP contribution in [0, 0.1) is 10.1 Å². The molecule has 0 saturated heterocycles. The molecule has 0 fully saturated rings. The molecule has 3 aromatic rings. The highest BCUT2D eigenvalue weighted by Gasteiger charge is 2.31. The minimum absolute atomic E-state index is 0.112. The molecule has 0 aliphatic rings. The van der Waals surface area contributed by atoms with Gasteiger partial charge >= 0.3 is 6.09 Å². The fourth-order valence-corrected chi connectivity index (χ4v) is 3.06. The van der Waals surface area contributed by atoms with Crippen molar-refractivity contribution in [3.63, 3.8) is 0 Å². The number of anilines is 3. The van der Waals surface area contributed by atoms with Crippen LogP contribution < -0.4 is 16.4 Å². The maximum absolute atomic E-state index is 12.4.